The van der Waals surface area contributed by atoms with Crippen LogP contribution >= 0.6 is 0 Å². The molecule has 5 aliphatic rings. The molecule has 4 fully saturated rings. The second-order valence-electron chi connectivity index (χ2n) is 16.2. The molecule has 0 aromatic rings. The van der Waals surface area contributed by atoms with Crippen LogP contribution in [-0.2, 0) is 28.6 Å². The molecule has 1 heterocycles. The van der Waals surface area contributed by atoms with Gasteiger partial charge in [0.25, 0.3) is 0 Å². The lowest BCUT2D eigenvalue weighted by Gasteiger charge is -2.70. The minimum Gasteiger partial charge on any atom is -0.481 e. The third-order valence-corrected chi connectivity index (χ3v) is 14.0. The summed E-state index contributed by atoms with van der Waals surface area (Å²) in [5.74, 6) is -1.74. The lowest BCUT2D eigenvalue weighted by molar-refractivity contribution is -0.265. The number of esters is 1. The molecular weight excluding hydrogens is 574 g/mol. The van der Waals surface area contributed by atoms with Crippen LogP contribution in [0.4, 0.5) is 0 Å². The number of fused-ring (bicyclic) bond motifs is 3. The van der Waals surface area contributed by atoms with Gasteiger partial charge in [-0.1, -0.05) is 54.0 Å². The highest BCUT2D eigenvalue weighted by Gasteiger charge is 2.74. The predicted octanol–water partition coefficient (Wildman–Crippen LogP) is 4.55. The van der Waals surface area contributed by atoms with Crippen molar-refractivity contribution in [3.05, 3.63) is 11.6 Å². The second-order valence-corrected chi connectivity index (χ2v) is 16.2. The van der Waals surface area contributed by atoms with Crippen molar-refractivity contribution in [3.8, 4) is 0 Å². The molecule has 252 valence electrons. The third kappa shape index (κ3) is 4.78. The summed E-state index contributed by atoms with van der Waals surface area (Å²) in [5, 5.41) is 21.1. The van der Waals surface area contributed by atoms with Crippen LogP contribution in [0.3, 0.4) is 0 Å². The summed E-state index contributed by atoms with van der Waals surface area (Å²) >= 11 is 0. The number of carbonyl (C=O) groups is 3. The summed E-state index contributed by atoms with van der Waals surface area (Å²) in [6.45, 7) is 17.7. The van der Waals surface area contributed by atoms with E-state index in [1.165, 1.54) is 6.92 Å². The van der Waals surface area contributed by atoms with Gasteiger partial charge in [0.05, 0.1) is 25.7 Å². The Bertz CT molecular complexity index is 1280. The van der Waals surface area contributed by atoms with E-state index in [1.54, 1.807) is 0 Å². The van der Waals surface area contributed by atoms with Crippen molar-refractivity contribution in [1.82, 2.24) is 5.32 Å². The number of ketones is 1. The average molecular weight is 630 g/mol. The van der Waals surface area contributed by atoms with Gasteiger partial charge in [0, 0.05) is 29.7 Å². The van der Waals surface area contributed by atoms with Crippen molar-refractivity contribution in [2.45, 2.75) is 99.7 Å². The fourth-order valence-corrected chi connectivity index (χ4v) is 11.3. The van der Waals surface area contributed by atoms with Crippen molar-refractivity contribution in [3.63, 3.8) is 0 Å². The molecule has 0 aromatic heterocycles. The number of nitrogens with one attached hydrogen (secondary N) is 2. The van der Waals surface area contributed by atoms with Crippen LogP contribution in [0.2, 0.25) is 0 Å². The lowest BCUT2D eigenvalue weighted by Crippen LogP contribution is -2.71. The Morgan fingerprint density at radius 3 is 2.44 bits per heavy atom. The summed E-state index contributed by atoms with van der Waals surface area (Å²) in [6.07, 6.45) is 4.57. The quantitative estimate of drug-likeness (QED) is 0.131. The van der Waals surface area contributed by atoms with Gasteiger partial charge in [-0.2, -0.15) is 0 Å². The molecule has 4 aliphatic carbocycles. The maximum Gasteiger partial charge on any atom is 0.308 e. The summed E-state index contributed by atoms with van der Waals surface area (Å²) in [6, 6.07) is 0. The van der Waals surface area contributed by atoms with Gasteiger partial charge in [-0.15, -0.1) is 0 Å². The highest BCUT2D eigenvalue weighted by molar-refractivity contribution is 6.00. The largest absolute Gasteiger partial charge is 0.481 e. The summed E-state index contributed by atoms with van der Waals surface area (Å²) in [7, 11) is 0. The monoisotopic (exact) mass is 629 g/mol. The van der Waals surface area contributed by atoms with Crippen LogP contribution in [0.5, 0.6) is 0 Å². The van der Waals surface area contributed by atoms with Gasteiger partial charge < -0.3 is 30.4 Å². The minimum absolute atomic E-state index is 0.0124. The fraction of sp³-hybridized carbons (Fsp3) is 0.829. The molecule has 5 rings (SSSR count). The number of carboxylic acids is 1. The van der Waals surface area contributed by atoms with Crippen LogP contribution < -0.4 is 11.1 Å². The van der Waals surface area contributed by atoms with Gasteiger partial charge in [-0.25, -0.2) is 0 Å². The number of carbonyl (C=O) groups excluding carboxylic acids is 2. The van der Waals surface area contributed by atoms with Crippen molar-refractivity contribution in [2.75, 3.05) is 26.4 Å². The minimum atomic E-state index is -1.06. The smallest absolute Gasteiger partial charge is 0.308 e. The molecule has 11 atom stereocenters. The number of aliphatic carboxylic acids is 1. The van der Waals surface area contributed by atoms with E-state index in [1.807, 2.05) is 13.0 Å². The van der Waals surface area contributed by atoms with Crippen molar-refractivity contribution in [1.29, 1.82) is 5.41 Å². The Hall–Kier alpha value is -2.46. The molecular formula is C35H55N3O7. The standard InChI is InChI=1S/C35H55N3O7/c1-19(2)20(3)31(5)11-12-33(7)22-9-10-25-32(6)17-43-18-35(25,23(22)15-26(40)34(33,8)27(31)29(41)42)16-24(45-21(4)39)28(32)44-14-13-38-30(36)37/h15,19-20,22,24-25,27-28H,9-14,16-18H2,1-8H3,(H,41,42)(H4,36,37,38)/t20-,22+,24-,25+,27-,28+,31-,32+,33-,34+,35+/m1/s1. The zero-order valence-electron chi connectivity index (χ0n) is 28.5. The molecule has 1 saturated heterocycles. The number of hydrogen-bond acceptors (Lipinski definition) is 7. The summed E-state index contributed by atoms with van der Waals surface area (Å²) < 4.78 is 18.9. The van der Waals surface area contributed by atoms with Crippen molar-refractivity contribution < 1.29 is 33.7 Å². The second kappa shape index (κ2) is 11.4. The highest BCUT2D eigenvalue weighted by atomic mass is 16.6. The van der Waals surface area contributed by atoms with E-state index in [2.05, 4.69) is 46.9 Å². The molecule has 3 saturated carbocycles. The number of hydrogen-bond donors (Lipinski definition) is 4. The number of carboxylic acid groups (broad SMARTS) is 1. The van der Waals surface area contributed by atoms with Gasteiger partial charge in [0.15, 0.2) is 11.7 Å². The Labute approximate surface area is 268 Å². The highest BCUT2D eigenvalue weighted by Crippen LogP contribution is 2.74. The lowest BCUT2D eigenvalue weighted by atomic mass is 9.34. The van der Waals surface area contributed by atoms with Crippen LogP contribution in [0.1, 0.15) is 87.5 Å². The maximum absolute atomic E-state index is 14.7. The van der Waals surface area contributed by atoms with E-state index < -0.39 is 51.2 Å². The van der Waals surface area contributed by atoms with E-state index in [9.17, 15) is 19.5 Å². The van der Waals surface area contributed by atoms with E-state index in [-0.39, 0.29) is 48.0 Å². The van der Waals surface area contributed by atoms with Gasteiger partial charge in [-0.3, -0.25) is 19.8 Å². The van der Waals surface area contributed by atoms with Crippen LogP contribution in [0.15, 0.2) is 11.6 Å². The Balaban J connectivity index is 1.59. The van der Waals surface area contributed by atoms with E-state index in [0.717, 1.165) is 31.3 Å². The number of nitrogens with two attached hydrogens (primary N) is 1. The SMILES string of the molecule is CC(=O)O[C@@H]1C[C@@]23COC[C@@](C)([C@@H]2CC[C@H]2C3=CC(=O)[C@@]3(C)[C@H](C(=O)O)[C@@](C)([C@H](C)C(C)C)CC[C@]23C)[C@H]1OCCNC(=N)N. The van der Waals surface area contributed by atoms with Crippen molar-refractivity contribution >= 4 is 23.7 Å². The Morgan fingerprint density at radius 1 is 1.16 bits per heavy atom. The third-order valence-electron chi connectivity index (χ3n) is 14.0. The molecule has 0 aromatic carbocycles. The number of rotatable bonds is 8. The van der Waals surface area contributed by atoms with Gasteiger partial charge in [-0.05, 0) is 72.7 Å². The Morgan fingerprint density at radius 2 is 1.84 bits per heavy atom. The molecule has 10 heteroatoms. The van der Waals surface area contributed by atoms with Gasteiger partial charge >= 0.3 is 11.9 Å². The molecule has 2 bridgehead atoms. The normalized spacial score (nSPS) is 44.5. The molecule has 0 unspecified atom stereocenters. The summed E-state index contributed by atoms with van der Waals surface area (Å²) in [4.78, 5) is 40.5. The van der Waals surface area contributed by atoms with E-state index in [0.29, 0.717) is 26.2 Å². The zero-order valence-corrected chi connectivity index (χ0v) is 28.5. The van der Waals surface area contributed by atoms with Crippen LogP contribution in [0, 0.1) is 62.1 Å². The van der Waals surface area contributed by atoms with E-state index in [4.69, 9.17) is 25.4 Å². The number of guanidine groups is 1. The van der Waals surface area contributed by atoms with Crippen LogP contribution in [-0.4, -0.2) is 67.4 Å². The Kier molecular flexibility index (Phi) is 8.55. The predicted molar refractivity (Wildman–Crippen MR) is 169 cm³/mol. The van der Waals surface area contributed by atoms with E-state index >= 15 is 0 Å². The van der Waals surface area contributed by atoms with Crippen LogP contribution in [0.25, 0.3) is 0 Å². The fourth-order valence-electron chi connectivity index (χ4n) is 11.3. The first-order valence-corrected chi connectivity index (χ1v) is 16.8. The molecule has 0 spiro atoms. The van der Waals surface area contributed by atoms with Gasteiger partial charge in [0.2, 0.25) is 0 Å². The first-order valence-electron chi connectivity index (χ1n) is 16.8. The maximum atomic E-state index is 14.7. The topological polar surface area (TPSA) is 161 Å². The summed E-state index contributed by atoms with van der Waals surface area (Å²) in [5.41, 5.74) is 3.37. The molecule has 1 aliphatic heterocycles. The first-order chi connectivity index (χ1) is 20.9. The molecule has 10 nitrogen and oxygen atoms in total. The first kappa shape index (κ1) is 33.9. The van der Waals surface area contributed by atoms with Crippen molar-refractivity contribution in [2.24, 2.45) is 62.4 Å². The zero-order chi connectivity index (χ0) is 33.3. The molecule has 0 amide bonds. The molecule has 5 N–H and O–H groups in total. The number of ether oxygens (including phenoxy) is 3. The molecule has 0 radical (unpaired) electrons. The molecule has 45 heavy (non-hydrogen) atoms. The average Bonchev–Trinajstić information content (AvgIpc) is 2.93. The number of allylic oxidation sites excluding steroid dienone is 1. The van der Waals surface area contributed by atoms with Gasteiger partial charge in [0.1, 0.15) is 12.2 Å².